The van der Waals surface area contributed by atoms with Crippen LogP contribution in [0, 0.1) is 11.8 Å². The van der Waals surface area contributed by atoms with Crippen molar-refractivity contribution in [3.8, 4) is 0 Å². The van der Waals surface area contributed by atoms with E-state index in [-0.39, 0.29) is 11.8 Å². The Morgan fingerprint density at radius 2 is 0.714 bits per heavy atom. The Morgan fingerprint density at radius 1 is 0.429 bits per heavy atom. The summed E-state index contributed by atoms with van der Waals surface area (Å²) in [5.41, 5.74) is 0. The molecule has 0 radical (unpaired) electrons. The van der Waals surface area contributed by atoms with E-state index >= 15 is 0 Å². The molecular formula is C24H42N2O2. The summed E-state index contributed by atoms with van der Waals surface area (Å²) in [4.78, 5) is 25.4. The van der Waals surface area contributed by atoms with Gasteiger partial charge in [-0.05, 0) is 51.4 Å². The fourth-order valence-electron chi connectivity index (χ4n) is 5.46. The molecule has 0 unspecified atom stereocenters. The number of nitrogens with one attached hydrogen (secondary N) is 2. The topological polar surface area (TPSA) is 58.2 Å². The second-order valence-electron chi connectivity index (χ2n) is 9.65. The van der Waals surface area contributed by atoms with Crippen LogP contribution >= 0.6 is 0 Å². The van der Waals surface area contributed by atoms with E-state index in [0.29, 0.717) is 23.9 Å². The van der Waals surface area contributed by atoms with Crippen LogP contribution in [0.3, 0.4) is 0 Å². The first-order valence-corrected chi connectivity index (χ1v) is 12.3. The van der Waals surface area contributed by atoms with Gasteiger partial charge in [-0.2, -0.15) is 0 Å². The first-order valence-electron chi connectivity index (χ1n) is 12.3. The third kappa shape index (κ3) is 7.08. The molecule has 0 aliphatic heterocycles. The SMILES string of the molecule is O=C(NC1CCC(NC(=O)C2CCCCCCC2)CC1)C1CCCCCCC1. The van der Waals surface area contributed by atoms with Crippen molar-refractivity contribution >= 4 is 11.8 Å². The maximum atomic E-state index is 12.7. The van der Waals surface area contributed by atoms with E-state index in [1.54, 1.807) is 0 Å². The van der Waals surface area contributed by atoms with E-state index < -0.39 is 0 Å². The Hall–Kier alpha value is -1.06. The largest absolute Gasteiger partial charge is 0.353 e. The van der Waals surface area contributed by atoms with E-state index in [4.69, 9.17) is 0 Å². The summed E-state index contributed by atoms with van der Waals surface area (Å²) in [5.74, 6) is 1.06. The highest BCUT2D eigenvalue weighted by atomic mass is 16.2. The van der Waals surface area contributed by atoms with Gasteiger partial charge in [-0.25, -0.2) is 0 Å². The molecule has 3 fully saturated rings. The lowest BCUT2D eigenvalue weighted by Crippen LogP contribution is -2.46. The summed E-state index contributed by atoms with van der Waals surface area (Å²) in [7, 11) is 0. The van der Waals surface area contributed by atoms with Gasteiger partial charge in [-0.1, -0.05) is 64.2 Å². The molecular weight excluding hydrogens is 348 g/mol. The lowest BCUT2D eigenvalue weighted by molar-refractivity contribution is -0.128. The van der Waals surface area contributed by atoms with Gasteiger partial charge in [0.2, 0.25) is 11.8 Å². The maximum Gasteiger partial charge on any atom is 0.223 e. The number of carbonyl (C=O) groups is 2. The molecule has 0 aromatic rings. The minimum absolute atomic E-state index is 0.233. The van der Waals surface area contributed by atoms with Crippen LogP contribution in [-0.2, 0) is 9.59 Å². The molecule has 3 aliphatic carbocycles. The van der Waals surface area contributed by atoms with E-state index in [2.05, 4.69) is 10.6 Å². The van der Waals surface area contributed by atoms with Crippen LogP contribution in [0.5, 0.6) is 0 Å². The number of rotatable bonds is 4. The predicted molar refractivity (Wildman–Crippen MR) is 114 cm³/mol. The van der Waals surface area contributed by atoms with Crippen molar-refractivity contribution in [2.24, 2.45) is 11.8 Å². The van der Waals surface area contributed by atoms with E-state index in [1.807, 2.05) is 0 Å². The molecule has 0 bridgehead atoms. The van der Waals surface area contributed by atoms with Gasteiger partial charge >= 0.3 is 0 Å². The first-order chi connectivity index (χ1) is 13.7. The number of carbonyl (C=O) groups excluding carboxylic acids is 2. The van der Waals surface area contributed by atoms with Crippen LogP contribution in [0.1, 0.15) is 116 Å². The third-order valence-electron chi connectivity index (χ3n) is 7.37. The Morgan fingerprint density at radius 3 is 1.04 bits per heavy atom. The molecule has 0 spiro atoms. The zero-order chi connectivity index (χ0) is 19.6. The molecule has 0 saturated heterocycles. The molecule has 160 valence electrons. The van der Waals surface area contributed by atoms with Crippen molar-refractivity contribution in [1.82, 2.24) is 10.6 Å². The quantitative estimate of drug-likeness (QED) is 0.688. The Labute approximate surface area is 172 Å². The maximum absolute atomic E-state index is 12.7. The monoisotopic (exact) mass is 390 g/mol. The van der Waals surface area contributed by atoms with Crippen LogP contribution in [0.2, 0.25) is 0 Å². The van der Waals surface area contributed by atoms with Gasteiger partial charge in [0.05, 0.1) is 0 Å². The minimum atomic E-state index is 0.233. The summed E-state index contributed by atoms with van der Waals surface area (Å²) in [6.45, 7) is 0. The smallest absolute Gasteiger partial charge is 0.223 e. The summed E-state index contributed by atoms with van der Waals surface area (Å²) in [6, 6.07) is 0.625. The van der Waals surface area contributed by atoms with Crippen LogP contribution in [0.15, 0.2) is 0 Å². The lowest BCUT2D eigenvalue weighted by Gasteiger charge is -2.32. The highest BCUT2D eigenvalue weighted by Crippen LogP contribution is 2.26. The predicted octanol–water partition coefficient (Wildman–Crippen LogP) is 5.25. The second kappa shape index (κ2) is 11.8. The Kier molecular flexibility index (Phi) is 9.14. The van der Waals surface area contributed by atoms with Crippen LogP contribution in [0.4, 0.5) is 0 Å². The highest BCUT2D eigenvalue weighted by molar-refractivity contribution is 5.79. The third-order valence-corrected chi connectivity index (χ3v) is 7.37. The summed E-state index contributed by atoms with van der Waals surface area (Å²) < 4.78 is 0. The van der Waals surface area contributed by atoms with E-state index in [9.17, 15) is 9.59 Å². The molecule has 3 saturated carbocycles. The van der Waals surface area contributed by atoms with Crippen molar-refractivity contribution in [3.05, 3.63) is 0 Å². The second-order valence-corrected chi connectivity index (χ2v) is 9.65. The molecule has 2 N–H and O–H groups in total. The molecule has 28 heavy (non-hydrogen) atoms. The number of hydrogen-bond acceptors (Lipinski definition) is 2. The van der Waals surface area contributed by atoms with Crippen molar-refractivity contribution < 1.29 is 9.59 Å². The molecule has 3 aliphatic rings. The fourth-order valence-corrected chi connectivity index (χ4v) is 5.46. The van der Waals surface area contributed by atoms with Gasteiger partial charge in [0.1, 0.15) is 0 Å². The van der Waals surface area contributed by atoms with E-state index in [1.165, 1.54) is 64.2 Å². The standard InChI is InChI=1S/C24H42N2O2/c27-23(19-11-7-3-1-4-8-12-19)25-21-15-17-22(18-16-21)26-24(28)20-13-9-5-2-6-10-14-20/h19-22H,1-18H2,(H,25,27)(H,26,28). The van der Waals surface area contributed by atoms with Crippen molar-refractivity contribution in [1.29, 1.82) is 0 Å². The summed E-state index contributed by atoms with van der Waals surface area (Å²) in [6.07, 6.45) is 21.0. The zero-order valence-electron chi connectivity index (χ0n) is 17.9. The average Bonchev–Trinajstić information content (AvgIpc) is 2.62. The van der Waals surface area contributed by atoms with Gasteiger partial charge in [0.15, 0.2) is 0 Å². The van der Waals surface area contributed by atoms with Gasteiger partial charge in [-0.3, -0.25) is 9.59 Å². The first kappa shape index (κ1) is 21.6. The fraction of sp³-hybridized carbons (Fsp3) is 0.917. The van der Waals surface area contributed by atoms with Gasteiger partial charge < -0.3 is 10.6 Å². The summed E-state index contributed by atoms with van der Waals surface area (Å²) >= 11 is 0. The highest BCUT2D eigenvalue weighted by Gasteiger charge is 2.28. The molecule has 0 aromatic carbocycles. The summed E-state index contributed by atoms with van der Waals surface area (Å²) in [5, 5.41) is 6.68. The average molecular weight is 391 g/mol. The molecule has 4 nitrogen and oxygen atoms in total. The van der Waals surface area contributed by atoms with Gasteiger partial charge in [0, 0.05) is 23.9 Å². The van der Waals surface area contributed by atoms with Crippen LogP contribution < -0.4 is 10.6 Å². The van der Waals surface area contributed by atoms with Crippen molar-refractivity contribution in [2.45, 2.75) is 128 Å². The minimum Gasteiger partial charge on any atom is -0.353 e. The lowest BCUT2D eigenvalue weighted by atomic mass is 9.87. The van der Waals surface area contributed by atoms with Gasteiger partial charge in [-0.15, -0.1) is 0 Å². The van der Waals surface area contributed by atoms with Gasteiger partial charge in [0.25, 0.3) is 0 Å². The molecule has 0 heterocycles. The molecule has 4 heteroatoms. The molecule has 2 amide bonds. The normalized spacial score (nSPS) is 29.0. The molecule has 0 aromatic heterocycles. The Balaban J connectivity index is 1.36. The van der Waals surface area contributed by atoms with Crippen LogP contribution in [0.25, 0.3) is 0 Å². The van der Waals surface area contributed by atoms with Crippen molar-refractivity contribution in [3.63, 3.8) is 0 Å². The Bertz CT molecular complexity index is 425. The van der Waals surface area contributed by atoms with Crippen molar-refractivity contribution in [2.75, 3.05) is 0 Å². The zero-order valence-corrected chi connectivity index (χ0v) is 17.9. The number of amides is 2. The number of hydrogen-bond donors (Lipinski definition) is 2. The van der Waals surface area contributed by atoms with E-state index in [0.717, 1.165) is 51.4 Å². The molecule has 0 atom stereocenters. The molecule has 3 rings (SSSR count). The van der Waals surface area contributed by atoms with Crippen LogP contribution in [-0.4, -0.2) is 23.9 Å².